The number of fused-ring (bicyclic) bond motifs is 1. The predicted octanol–water partition coefficient (Wildman–Crippen LogP) is 0.884. The molecule has 1 N–H and O–H groups in total. The summed E-state index contributed by atoms with van der Waals surface area (Å²) in [5, 5.41) is 0.590. The third-order valence-corrected chi connectivity index (χ3v) is 3.56. The fourth-order valence-corrected chi connectivity index (χ4v) is 2.61. The highest BCUT2D eigenvalue weighted by atomic mass is 35.5. The van der Waals surface area contributed by atoms with Crippen LogP contribution < -0.4 is 10.7 Å². The van der Waals surface area contributed by atoms with Gasteiger partial charge in [0.05, 0.1) is 18.6 Å². The maximum Gasteiger partial charge on any atom is 0.424 e. The van der Waals surface area contributed by atoms with E-state index in [-0.39, 0.29) is 5.76 Å². The molecule has 0 atom stereocenters. The number of hydrogen-bond donors (Lipinski definition) is 1. The van der Waals surface area contributed by atoms with Crippen molar-refractivity contribution in [2.75, 3.05) is 13.1 Å². The molecule has 1 aliphatic rings. The van der Waals surface area contributed by atoms with Gasteiger partial charge in [-0.1, -0.05) is 11.6 Å². The normalized spacial score (nSPS) is 17.0. The lowest BCUT2D eigenvalue weighted by Crippen LogP contribution is -3.09. The highest BCUT2D eigenvalue weighted by Gasteiger charge is 2.19. The summed E-state index contributed by atoms with van der Waals surface area (Å²) in [7, 11) is 0. The largest absolute Gasteiger partial charge is 0.424 e. The molecule has 0 bridgehead atoms. The Labute approximate surface area is 103 Å². The molecule has 0 radical (unpaired) electrons. The molecule has 0 spiro atoms. The molecule has 4 nitrogen and oxygen atoms in total. The van der Waals surface area contributed by atoms with E-state index in [9.17, 15) is 4.79 Å². The van der Waals surface area contributed by atoms with Gasteiger partial charge in [-0.15, -0.1) is 0 Å². The van der Waals surface area contributed by atoms with Crippen LogP contribution in [0.15, 0.2) is 27.4 Å². The van der Waals surface area contributed by atoms with Crippen molar-refractivity contribution < 1.29 is 9.32 Å². The van der Waals surface area contributed by atoms with Crippen molar-refractivity contribution in [1.82, 2.24) is 4.57 Å². The van der Waals surface area contributed by atoms with Gasteiger partial charge in [0.15, 0.2) is 12.3 Å². The van der Waals surface area contributed by atoms with Crippen LogP contribution in [0.5, 0.6) is 0 Å². The minimum Gasteiger partial charge on any atom is -0.408 e. The molecule has 0 aliphatic carbocycles. The summed E-state index contributed by atoms with van der Waals surface area (Å²) >= 11 is 5.87. The number of oxazole rings is 1. The Morgan fingerprint density at radius 2 is 2.12 bits per heavy atom. The van der Waals surface area contributed by atoms with Crippen LogP contribution in [-0.2, 0) is 6.67 Å². The smallest absolute Gasteiger partial charge is 0.408 e. The first-order valence-electron chi connectivity index (χ1n) is 5.86. The summed E-state index contributed by atoms with van der Waals surface area (Å²) in [5.41, 5.74) is 1.40. The summed E-state index contributed by atoms with van der Waals surface area (Å²) in [6.07, 6.45) is 2.48. The first-order valence-corrected chi connectivity index (χ1v) is 6.24. The zero-order valence-electron chi connectivity index (χ0n) is 9.41. The first kappa shape index (κ1) is 10.9. The number of hydrogen-bond acceptors (Lipinski definition) is 2. The molecule has 0 saturated carbocycles. The maximum atomic E-state index is 11.8. The molecule has 1 aromatic carbocycles. The van der Waals surface area contributed by atoms with Crippen molar-refractivity contribution in [2.45, 2.75) is 19.5 Å². The second-order valence-electron chi connectivity index (χ2n) is 4.52. The summed E-state index contributed by atoms with van der Waals surface area (Å²) in [4.78, 5) is 13.2. The van der Waals surface area contributed by atoms with Gasteiger partial charge in [-0.25, -0.2) is 9.36 Å². The molecule has 17 heavy (non-hydrogen) atoms. The van der Waals surface area contributed by atoms with Crippen LogP contribution in [0.1, 0.15) is 12.8 Å². The van der Waals surface area contributed by atoms with Gasteiger partial charge in [0, 0.05) is 23.9 Å². The number of nitrogens with zero attached hydrogens (tertiary/aromatic N) is 1. The van der Waals surface area contributed by atoms with Gasteiger partial charge >= 0.3 is 5.76 Å². The number of quaternary nitrogens is 1. The number of benzene rings is 1. The van der Waals surface area contributed by atoms with Crippen LogP contribution in [-0.4, -0.2) is 17.7 Å². The van der Waals surface area contributed by atoms with Gasteiger partial charge in [0.2, 0.25) is 0 Å². The average Bonchev–Trinajstić information content (AvgIpc) is 2.88. The minimum absolute atomic E-state index is 0.290. The molecule has 2 aromatic rings. The molecule has 3 rings (SSSR count). The zero-order chi connectivity index (χ0) is 11.8. The summed E-state index contributed by atoms with van der Waals surface area (Å²) < 4.78 is 6.90. The van der Waals surface area contributed by atoms with E-state index >= 15 is 0 Å². The lowest BCUT2D eigenvalue weighted by Gasteiger charge is -2.11. The Balaban J connectivity index is 2.02. The molecule has 2 heterocycles. The van der Waals surface area contributed by atoms with E-state index < -0.39 is 0 Å². The standard InChI is InChI=1S/C12H13ClN2O2/c13-9-3-4-10-11(7-9)17-12(16)15(10)8-14-5-1-2-6-14/h3-4,7H,1-2,5-6,8H2/p+1. The van der Waals surface area contributed by atoms with Crippen molar-refractivity contribution in [3.8, 4) is 0 Å². The quantitative estimate of drug-likeness (QED) is 0.863. The zero-order valence-corrected chi connectivity index (χ0v) is 10.2. The highest BCUT2D eigenvalue weighted by molar-refractivity contribution is 6.31. The fraction of sp³-hybridized carbons (Fsp3) is 0.417. The third-order valence-electron chi connectivity index (χ3n) is 3.32. The summed E-state index contributed by atoms with van der Waals surface area (Å²) in [6, 6.07) is 5.32. The van der Waals surface area contributed by atoms with Crippen LogP contribution in [0.25, 0.3) is 11.1 Å². The van der Waals surface area contributed by atoms with E-state index in [2.05, 4.69) is 0 Å². The van der Waals surface area contributed by atoms with Crippen LogP contribution in [0.2, 0.25) is 5.02 Å². The van der Waals surface area contributed by atoms with E-state index in [4.69, 9.17) is 16.0 Å². The Hall–Kier alpha value is -1.26. The molecule has 90 valence electrons. The summed E-state index contributed by atoms with van der Waals surface area (Å²) in [5.74, 6) is -0.290. The van der Waals surface area contributed by atoms with Gasteiger partial charge in [-0.3, -0.25) is 0 Å². The van der Waals surface area contributed by atoms with Crippen LogP contribution in [0.4, 0.5) is 0 Å². The van der Waals surface area contributed by atoms with Gasteiger partial charge in [-0.2, -0.15) is 0 Å². The average molecular weight is 254 g/mol. The van der Waals surface area contributed by atoms with E-state index in [1.807, 2.05) is 6.07 Å². The van der Waals surface area contributed by atoms with E-state index in [1.54, 1.807) is 16.7 Å². The maximum absolute atomic E-state index is 11.8. The monoisotopic (exact) mass is 253 g/mol. The molecule has 5 heteroatoms. The SMILES string of the molecule is O=c1oc2cc(Cl)ccc2n1C[NH+]1CCCC1. The van der Waals surface area contributed by atoms with Crippen LogP contribution in [0, 0.1) is 0 Å². The summed E-state index contributed by atoms with van der Waals surface area (Å²) in [6.45, 7) is 2.95. The molecule has 1 aliphatic heterocycles. The molecule has 1 saturated heterocycles. The topological polar surface area (TPSA) is 39.6 Å². The van der Waals surface area contributed by atoms with Crippen molar-refractivity contribution in [3.63, 3.8) is 0 Å². The molecule has 1 aromatic heterocycles. The Kier molecular flexibility index (Phi) is 2.68. The van der Waals surface area contributed by atoms with E-state index in [1.165, 1.54) is 17.7 Å². The van der Waals surface area contributed by atoms with Gasteiger partial charge in [0.25, 0.3) is 0 Å². The second kappa shape index (κ2) is 4.20. The predicted molar refractivity (Wildman–Crippen MR) is 65.4 cm³/mol. The fourth-order valence-electron chi connectivity index (χ4n) is 2.45. The molecule has 0 amide bonds. The van der Waals surface area contributed by atoms with Crippen molar-refractivity contribution in [2.24, 2.45) is 0 Å². The number of aromatic nitrogens is 1. The number of nitrogens with one attached hydrogen (secondary N) is 1. The van der Waals surface area contributed by atoms with E-state index in [0.29, 0.717) is 17.3 Å². The number of likely N-dealkylation sites (tertiary alicyclic amines) is 1. The van der Waals surface area contributed by atoms with Crippen LogP contribution in [0.3, 0.4) is 0 Å². The Morgan fingerprint density at radius 1 is 1.35 bits per heavy atom. The number of halogens is 1. The lowest BCUT2D eigenvalue weighted by atomic mass is 10.3. The molecule has 1 fully saturated rings. The minimum atomic E-state index is -0.290. The van der Waals surface area contributed by atoms with E-state index in [0.717, 1.165) is 18.6 Å². The highest BCUT2D eigenvalue weighted by Crippen LogP contribution is 2.17. The molecular formula is C12H14ClN2O2+. The first-order chi connectivity index (χ1) is 8.24. The molecule has 0 unspecified atom stereocenters. The van der Waals surface area contributed by atoms with Gasteiger partial charge in [0.1, 0.15) is 0 Å². The molecular weight excluding hydrogens is 240 g/mol. The Morgan fingerprint density at radius 3 is 2.88 bits per heavy atom. The lowest BCUT2D eigenvalue weighted by molar-refractivity contribution is -0.910. The van der Waals surface area contributed by atoms with Gasteiger partial charge in [-0.05, 0) is 12.1 Å². The second-order valence-corrected chi connectivity index (χ2v) is 4.96. The van der Waals surface area contributed by atoms with Gasteiger partial charge < -0.3 is 9.32 Å². The van der Waals surface area contributed by atoms with Crippen molar-refractivity contribution >= 4 is 22.7 Å². The van der Waals surface area contributed by atoms with Crippen LogP contribution >= 0.6 is 11.6 Å². The Bertz CT molecular complexity index is 596. The number of rotatable bonds is 2. The van der Waals surface area contributed by atoms with Crippen molar-refractivity contribution in [1.29, 1.82) is 0 Å². The third kappa shape index (κ3) is 1.98. The van der Waals surface area contributed by atoms with Crippen molar-refractivity contribution in [3.05, 3.63) is 33.8 Å².